The van der Waals surface area contributed by atoms with Gasteiger partial charge in [-0.3, -0.25) is 4.99 Å². The number of benzene rings is 1. The van der Waals surface area contributed by atoms with Crippen LogP contribution < -0.4 is 5.32 Å². The summed E-state index contributed by atoms with van der Waals surface area (Å²) in [6.07, 6.45) is 5.24. The summed E-state index contributed by atoms with van der Waals surface area (Å²) in [6, 6.07) is 6.22. The van der Waals surface area contributed by atoms with E-state index in [0.717, 1.165) is 19.4 Å². The average molecular weight is 216 g/mol. The summed E-state index contributed by atoms with van der Waals surface area (Å²) in [5.41, 5.74) is 2.74. The third-order valence-electron chi connectivity index (χ3n) is 3.62. The molecule has 2 unspecified atom stereocenters. The van der Waals surface area contributed by atoms with E-state index in [-0.39, 0.29) is 0 Å². The summed E-state index contributed by atoms with van der Waals surface area (Å²) in [5, 5.41) is 12.6. The Morgan fingerprint density at radius 3 is 3.19 bits per heavy atom. The van der Waals surface area contributed by atoms with E-state index in [4.69, 9.17) is 0 Å². The SMILES string of the molecule is Oc1ccc2c(c1)CCC2CC1CNC=N1. The lowest BCUT2D eigenvalue weighted by Crippen LogP contribution is -2.17. The molecule has 3 nitrogen and oxygen atoms in total. The number of nitrogens with one attached hydrogen (secondary N) is 1. The lowest BCUT2D eigenvalue weighted by Gasteiger charge is -2.14. The van der Waals surface area contributed by atoms with E-state index in [2.05, 4.69) is 16.4 Å². The van der Waals surface area contributed by atoms with E-state index in [1.54, 1.807) is 6.07 Å². The topological polar surface area (TPSA) is 44.6 Å². The summed E-state index contributed by atoms with van der Waals surface area (Å²) in [7, 11) is 0. The fourth-order valence-corrected chi connectivity index (χ4v) is 2.81. The van der Waals surface area contributed by atoms with Gasteiger partial charge < -0.3 is 10.4 Å². The maximum atomic E-state index is 9.43. The average Bonchev–Trinajstić information content (AvgIpc) is 2.89. The molecule has 0 aromatic heterocycles. The Morgan fingerprint density at radius 1 is 1.44 bits per heavy atom. The zero-order valence-electron chi connectivity index (χ0n) is 9.19. The predicted molar refractivity (Wildman–Crippen MR) is 64.1 cm³/mol. The number of hydrogen-bond donors (Lipinski definition) is 2. The molecule has 0 spiro atoms. The van der Waals surface area contributed by atoms with Gasteiger partial charge in [0, 0.05) is 6.54 Å². The van der Waals surface area contributed by atoms with Gasteiger partial charge in [-0.05, 0) is 48.4 Å². The molecule has 0 saturated carbocycles. The van der Waals surface area contributed by atoms with Crippen molar-refractivity contribution in [2.24, 2.45) is 4.99 Å². The predicted octanol–water partition coefficient (Wildman–Crippen LogP) is 1.81. The van der Waals surface area contributed by atoms with Crippen molar-refractivity contribution in [3.8, 4) is 5.75 Å². The number of aryl methyl sites for hydroxylation is 1. The van der Waals surface area contributed by atoms with Crippen LogP contribution in [-0.2, 0) is 6.42 Å². The zero-order chi connectivity index (χ0) is 11.0. The van der Waals surface area contributed by atoms with Gasteiger partial charge in [-0.2, -0.15) is 0 Å². The first-order chi connectivity index (χ1) is 7.83. The van der Waals surface area contributed by atoms with Crippen LogP contribution in [0.1, 0.15) is 29.9 Å². The van der Waals surface area contributed by atoms with Crippen LogP contribution in [0.4, 0.5) is 0 Å². The lowest BCUT2D eigenvalue weighted by atomic mass is 9.94. The van der Waals surface area contributed by atoms with Crippen molar-refractivity contribution < 1.29 is 5.11 Å². The highest BCUT2D eigenvalue weighted by Crippen LogP contribution is 2.38. The maximum absolute atomic E-state index is 9.43. The van der Waals surface area contributed by atoms with Gasteiger partial charge in [0.25, 0.3) is 0 Å². The smallest absolute Gasteiger partial charge is 0.115 e. The molecule has 2 atom stereocenters. The first-order valence-corrected chi connectivity index (χ1v) is 5.90. The van der Waals surface area contributed by atoms with Gasteiger partial charge in [0.15, 0.2) is 0 Å². The number of phenols is 1. The van der Waals surface area contributed by atoms with Gasteiger partial charge in [-0.25, -0.2) is 0 Å². The van der Waals surface area contributed by atoms with E-state index in [1.165, 1.54) is 17.5 Å². The van der Waals surface area contributed by atoms with Gasteiger partial charge in [-0.1, -0.05) is 6.07 Å². The number of aromatic hydroxyl groups is 1. The number of rotatable bonds is 2. The summed E-state index contributed by atoms with van der Waals surface area (Å²) in [6.45, 7) is 0.976. The molecule has 0 saturated heterocycles. The van der Waals surface area contributed by atoms with Crippen LogP contribution in [0.25, 0.3) is 0 Å². The molecule has 1 aromatic rings. The normalized spacial score (nSPS) is 26.8. The summed E-state index contributed by atoms with van der Waals surface area (Å²) < 4.78 is 0. The molecule has 3 rings (SSSR count). The molecule has 2 aliphatic rings. The molecule has 1 aliphatic carbocycles. The Balaban J connectivity index is 1.78. The fraction of sp³-hybridized carbons (Fsp3) is 0.462. The number of phenolic OH excluding ortho intramolecular Hbond substituents is 1. The molecule has 84 valence electrons. The number of nitrogens with zero attached hydrogens (tertiary/aromatic N) is 1. The molecule has 0 radical (unpaired) electrons. The maximum Gasteiger partial charge on any atom is 0.115 e. The van der Waals surface area contributed by atoms with Crippen LogP contribution in [-0.4, -0.2) is 24.0 Å². The van der Waals surface area contributed by atoms with Gasteiger partial charge >= 0.3 is 0 Å². The molecule has 0 amide bonds. The van der Waals surface area contributed by atoms with E-state index in [1.807, 2.05) is 12.4 Å². The standard InChI is InChI=1S/C13H16N2O/c16-12-3-4-13-9(1-2-10(13)6-12)5-11-7-14-8-15-11/h3-4,6,8-9,11,16H,1-2,5,7H2,(H,14,15). The van der Waals surface area contributed by atoms with Crippen LogP contribution in [0, 0.1) is 0 Å². The highest BCUT2D eigenvalue weighted by atomic mass is 16.3. The zero-order valence-corrected chi connectivity index (χ0v) is 9.19. The third kappa shape index (κ3) is 1.66. The summed E-state index contributed by atoms with van der Waals surface area (Å²) in [4.78, 5) is 4.40. The quantitative estimate of drug-likeness (QED) is 0.792. The van der Waals surface area contributed by atoms with Gasteiger partial charge in [-0.15, -0.1) is 0 Å². The highest BCUT2D eigenvalue weighted by Gasteiger charge is 2.26. The van der Waals surface area contributed by atoms with Crippen molar-refractivity contribution in [1.82, 2.24) is 5.32 Å². The van der Waals surface area contributed by atoms with Crippen LogP contribution >= 0.6 is 0 Å². The van der Waals surface area contributed by atoms with Gasteiger partial charge in [0.1, 0.15) is 5.75 Å². The summed E-state index contributed by atoms with van der Waals surface area (Å²) in [5.74, 6) is 1.01. The minimum Gasteiger partial charge on any atom is -0.508 e. The monoisotopic (exact) mass is 216 g/mol. The van der Waals surface area contributed by atoms with Crippen LogP contribution in [0.3, 0.4) is 0 Å². The highest BCUT2D eigenvalue weighted by molar-refractivity contribution is 5.57. The molecular formula is C13H16N2O. The Morgan fingerprint density at radius 2 is 2.38 bits per heavy atom. The Labute approximate surface area is 95.2 Å². The minimum atomic E-state index is 0.389. The largest absolute Gasteiger partial charge is 0.508 e. The third-order valence-corrected chi connectivity index (χ3v) is 3.62. The van der Waals surface area contributed by atoms with E-state index < -0.39 is 0 Å². The van der Waals surface area contributed by atoms with Gasteiger partial charge in [0.05, 0.1) is 12.4 Å². The van der Waals surface area contributed by atoms with Crippen molar-refractivity contribution >= 4 is 6.34 Å². The first kappa shape index (κ1) is 9.70. The molecular weight excluding hydrogens is 200 g/mol. The summed E-state index contributed by atoms with van der Waals surface area (Å²) >= 11 is 0. The molecule has 1 heterocycles. The van der Waals surface area contributed by atoms with Crippen molar-refractivity contribution in [3.63, 3.8) is 0 Å². The number of fused-ring (bicyclic) bond motifs is 1. The Bertz CT molecular complexity index is 428. The number of hydrogen-bond acceptors (Lipinski definition) is 3. The second-order valence-electron chi connectivity index (χ2n) is 4.69. The molecule has 2 N–H and O–H groups in total. The van der Waals surface area contributed by atoms with E-state index >= 15 is 0 Å². The molecule has 1 aromatic carbocycles. The van der Waals surface area contributed by atoms with Crippen LogP contribution in [0.15, 0.2) is 23.2 Å². The first-order valence-electron chi connectivity index (χ1n) is 5.90. The van der Waals surface area contributed by atoms with Crippen molar-refractivity contribution in [1.29, 1.82) is 0 Å². The van der Waals surface area contributed by atoms with Crippen molar-refractivity contribution in [2.75, 3.05) is 6.54 Å². The molecule has 16 heavy (non-hydrogen) atoms. The van der Waals surface area contributed by atoms with Crippen molar-refractivity contribution in [3.05, 3.63) is 29.3 Å². The molecule has 1 aliphatic heterocycles. The van der Waals surface area contributed by atoms with Gasteiger partial charge in [0.2, 0.25) is 0 Å². The minimum absolute atomic E-state index is 0.389. The molecule has 0 bridgehead atoms. The lowest BCUT2D eigenvalue weighted by molar-refractivity contribution is 0.474. The number of aliphatic imine (C=N–C) groups is 1. The Kier molecular flexibility index (Phi) is 2.31. The Hall–Kier alpha value is -1.51. The van der Waals surface area contributed by atoms with E-state index in [9.17, 15) is 5.11 Å². The fourth-order valence-electron chi connectivity index (χ4n) is 2.81. The van der Waals surface area contributed by atoms with Crippen molar-refractivity contribution in [2.45, 2.75) is 31.2 Å². The van der Waals surface area contributed by atoms with E-state index in [0.29, 0.717) is 17.7 Å². The van der Waals surface area contributed by atoms with Crippen LogP contribution in [0.2, 0.25) is 0 Å². The second kappa shape index (κ2) is 3.81. The second-order valence-corrected chi connectivity index (χ2v) is 4.69. The van der Waals surface area contributed by atoms with Crippen LogP contribution in [0.5, 0.6) is 5.75 Å². The molecule has 0 fully saturated rings. The molecule has 3 heteroatoms.